The summed E-state index contributed by atoms with van der Waals surface area (Å²) >= 11 is 0. The van der Waals surface area contributed by atoms with Crippen LogP contribution in [0.25, 0.3) is 10.8 Å². The molecule has 0 N–H and O–H groups in total. The molecule has 0 spiro atoms. The molecule has 3 aliphatic rings. The van der Waals surface area contributed by atoms with E-state index in [0.29, 0.717) is 6.04 Å². The van der Waals surface area contributed by atoms with E-state index in [2.05, 4.69) is 78.2 Å². The Bertz CT molecular complexity index is 1070. The molecule has 28 heavy (non-hydrogen) atoms. The van der Waals surface area contributed by atoms with Crippen molar-refractivity contribution >= 4 is 27.8 Å². The first-order valence-corrected chi connectivity index (χ1v) is 10.9. The summed E-state index contributed by atoms with van der Waals surface area (Å²) in [5.74, 6) is 0. The summed E-state index contributed by atoms with van der Waals surface area (Å²) in [6, 6.07) is 21.3. The number of nitrogens with zero attached hydrogens (tertiary/aromatic N) is 2. The van der Waals surface area contributed by atoms with E-state index in [0.717, 1.165) is 6.67 Å². The van der Waals surface area contributed by atoms with Gasteiger partial charge in [0.15, 0.2) is 0 Å². The first-order chi connectivity index (χ1) is 13.7. The normalized spacial score (nSPS) is 20.4. The maximum Gasteiger partial charge on any atom is 0.0956 e. The molecule has 2 heteroatoms. The summed E-state index contributed by atoms with van der Waals surface area (Å²) in [5.41, 5.74) is 7.28. The van der Waals surface area contributed by atoms with Crippen LogP contribution in [-0.4, -0.2) is 12.7 Å². The van der Waals surface area contributed by atoms with Crippen LogP contribution in [0, 0.1) is 0 Å². The van der Waals surface area contributed by atoms with E-state index in [-0.39, 0.29) is 5.41 Å². The summed E-state index contributed by atoms with van der Waals surface area (Å²) in [6.45, 7) is 5.82. The van der Waals surface area contributed by atoms with Gasteiger partial charge in [-0.05, 0) is 46.9 Å². The van der Waals surface area contributed by atoms with Gasteiger partial charge in [0.1, 0.15) is 0 Å². The second kappa shape index (κ2) is 5.76. The zero-order chi connectivity index (χ0) is 18.9. The Labute approximate surface area is 167 Å². The van der Waals surface area contributed by atoms with E-state index in [1.807, 2.05) is 0 Å². The number of anilines is 3. The summed E-state index contributed by atoms with van der Waals surface area (Å²) in [6.07, 6.45) is 6.84. The monoisotopic (exact) mass is 368 g/mol. The molecule has 3 aromatic rings. The smallest absolute Gasteiger partial charge is 0.0956 e. The van der Waals surface area contributed by atoms with Crippen LogP contribution in [0.2, 0.25) is 0 Å². The molecular formula is C26H28N2. The summed E-state index contributed by atoms with van der Waals surface area (Å²) in [4.78, 5) is 5.31. The second-order valence-electron chi connectivity index (χ2n) is 9.31. The van der Waals surface area contributed by atoms with Gasteiger partial charge in [0.2, 0.25) is 0 Å². The second-order valence-corrected chi connectivity index (χ2v) is 9.31. The van der Waals surface area contributed by atoms with Crippen molar-refractivity contribution in [3.63, 3.8) is 0 Å². The minimum absolute atomic E-state index is 0.000610. The molecule has 1 fully saturated rings. The van der Waals surface area contributed by atoms with Crippen molar-refractivity contribution in [1.82, 2.24) is 0 Å². The lowest BCUT2D eigenvalue weighted by Crippen LogP contribution is -2.39. The van der Waals surface area contributed by atoms with Crippen LogP contribution >= 0.6 is 0 Å². The van der Waals surface area contributed by atoms with Crippen molar-refractivity contribution in [2.75, 3.05) is 16.5 Å². The predicted molar refractivity (Wildman–Crippen MR) is 119 cm³/mol. The van der Waals surface area contributed by atoms with E-state index in [9.17, 15) is 0 Å². The summed E-state index contributed by atoms with van der Waals surface area (Å²) in [5, 5.41) is 2.74. The Hall–Kier alpha value is -2.48. The zero-order valence-corrected chi connectivity index (χ0v) is 16.9. The summed E-state index contributed by atoms with van der Waals surface area (Å²) < 4.78 is 0. The molecule has 6 rings (SSSR count). The molecule has 0 amide bonds. The third-order valence-electron chi connectivity index (χ3n) is 7.40. The van der Waals surface area contributed by atoms with E-state index in [1.165, 1.54) is 71.1 Å². The lowest BCUT2D eigenvalue weighted by Gasteiger charge is -2.40. The molecule has 1 aliphatic carbocycles. The van der Waals surface area contributed by atoms with Gasteiger partial charge in [-0.3, -0.25) is 0 Å². The third kappa shape index (κ3) is 2.09. The molecule has 0 saturated heterocycles. The molecule has 0 atom stereocenters. The Morgan fingerprint density at radius 2 is 1.64 bits per heavy atom. The highest BCUT2D eigenvalue weighted by molar-refractivity contribution is 5.99. The molecule has 2 nitrogen and oxygen atoms in total. The highest BCUT2D eigenvalue weighted by Crippen LogP contribution is 2.57. The highest BCUT2D eigenvalue weighted by Gasteiger charge is 2.43. The van der Waals surface area contributed by atoms with Crippen molar-refractivity contribution in [1.29, 1.82) is 0 Å². The fourth-order valence-corrected chi connectivity index (χ4v) is 6.03. The molecule has 142 valence electrons. The van der Waals surface area contributed by atoms with Crippen molar-refractivity contribution in [3.8, 4) is 0 Å². The predicted octanol–water partition coefficient (Wildman–Crippen LogP) is 6.73. The van der Waals surface area contributed by atoms with Gasteiger partial charge in [0.25, 0.3) is 0 Å². The zero-order valence-electron chi connectivity index (χ0n) is 16.9. The largest absolute Gasteiger partial charge is 0.349 e. The Morgan fingerprint density at radius 3 is 2.50 bits per heavy atom. The molecule has 1 saturated carbocycles. The van der Waals surface area contributed by atoms with Crippen molar-refractivity contribution in [2.24, 2.45) is 0 Å². The number of para-hydroxylation sites is 1. The average molecular weight is 369 g/mol. The molecule has 0 bridgehead atoms. The Balaban J connectivity index is 1.59. The molecule has 2 heterocycles. The molecular weight excluding hydrogens is 340 g/mol. The number of hydrogen-bond donors (Lipinski definition) is 0. The van der Waals surface area contributed by atoms with Crippen LogP contribution in [0.1, 0.15) is 57.1 Å². The number of rotatable bonds is 1. The topological polar surface area (TPSA) is 6.48 Å². The van der Waals surface area contributed by atoms with Crippen LogP contribution in [0.5, 0.6) is 0 Å². The van der Waals surface area contributed by atoms with Crippen LogP contribution in [-0.2, 0) is 5.41 Å². The van der Waals surface area contributed by atoms with Crippen LogP contribution < -0.4 is 9.80 Å². The van der Waals surface area contributed by atoms with Gasteiger partial charge in [0, 0.05) is 17.1 Å². The van der Waals surface area contributed by atoms with Crippen LogP contribution in [0.3, 0.4) is 0 Å². The molecule has 2 aliphatic heterocycles. The maximum atomic E-state index is 2.71. The van der Waals surface area contributed by atoms with Gasteiger partial charge in [-0.25, -0.2) is 0 Å². The fraction of sp³-hybridized carbons (Fsp3) is 0.385. The first-order valence-electron chi connectivity index (χ1n) is 10.9. The van der Waals surface area contributed by atoms with E-state index < -0.39 is 0 Å². The van der Waals surface area contributed by atoms with Crippen molar-refractivity contribution < 1.29 is 0 Å². The third-order valence-corrected chi connectivity index (χ3v) is 7.40. The van der Waals surface area contributed by atoms with Gasteiger partial charge in [-0.15, -0.1) is 0 Å². The molecule has 0 unspecified atom stereocenters. The van der Waals surface area contributed by atoms with Crippen LogP contribution in [0.4, 0.5) is 17.1 Å². The SMILES string of the molecule is CC1(C)c2cccc3c2N(CN3C2CCCCC2)c2ccc3ccccc3c21. The maximum absolute atomic E-state index is 2.71. The van der Waals surface area contributed by atoms with Gasteiger partial charge < -0.3 is 9.80 Å². The average Bonchev–Trinajstić information content (AvgIpc) is 3.12. The standard InChI is InChI=1S/C26H28N2/c1-26(2)21-13-8-14-23-25(21)28(17-27(23)19-10-4-3-5-11-19)22-16-15-18-9-6-7-12-20(18)24(22)26/h6-9,12-16,19H,3-5,10-11,17H2,1-2H3. The number of fused-ring (bicyclic) bond motifs is 4. The van der Waals surface area contributed by atoms with Gasteiger partial charge in [0.05, 0.1) is 18.0 Å². The van der Waals surface area contributed by atoms with Gasteiger partial charge in [-0.1, -0.05) is 75.6 Å². The quantitative estimate of drug-likeness (QED) is 0.470. The number of benzene rings is 3. The Kier molecular flexibility index (Phi) is 3.39. The lowest BCUT2D eigenvalue weighted by molar-refractivity contribution is 0.420. The van der Waals surface area contributed by atoms with E-state index >= 15 is 0 Å². The molecule has 0 aromatic heterocycles. The fourth-order valence-electron chi connectivity index (χ4n) is 6.03. The molecule has 0 radical (unpaired) electrons. The van der Waals surface area contributed by atoms with E-state index in [4.69, 9.17) is 0 Å². The minimum Gasteiger partial charge on any atom is -0.349 e. The minimum atomic E-state index is 0.000610. The first kappa shape index (κ1) is 16.5. The molecule has 3 aromatic carbocycles. The number of hydrogen-bond acceptors (Lipinski definition) is 2. The highest BCUT2D eigenvalue weighted by atomic mass is 15.4. The Morgan fingerprint density at radius 1 is 0.821 bits per heavy atom. The van der Waals surface area contributed by atoms with Crippen molar-refractivity contribution in [3.05, 3.63) is 65.7 Å². The summed E-state index contributed by atoms with van der Waals surface area (Å²) in [7, 11) is 0. The lowest BCUT2D eigenvalue weighted by atomic mass is 9.72. The van der Waals surface area contributed by atoms with Gasteiger partial charge >= 0.3 is 0 Å². The van der Waals surface area contributed by atoms with Crippen LogP contribution in [0.15, 0.2) is 54.6 Å². The van der Waals surface area contributed by atoms with E-state index in [1.54, 1.807) is 0 Å². The van der Waals surface area contributed by atoms with Gasteiger partial charge in [-0.2, -0.15) is 0 Å². The van der Waals surface area contributed by atoms with Crippen molar-refractivity contribution in [2.45, 2.75) is 57.4 Å².